The van der Waals surface area contributed by atoms with Crippen LogP contribution in [0.15, 0.2) is 48.4 Å². The molecule has 4 heterocycles. The fraction of sp³-hybridized carbons (Fsp3) is 0.421. The van der Waals surface area contributed by atoms with Crippen molar-refractivity contribution in [1.82, 2.24) is 24.6 Å². The molecule has 4 rings (SSSR count). The topological polar surface area (TPSA) is 46.8 Å². The molecule has 1 saturated heterocycles. The van der Waals surface area contributed by atoms with Gasteiger partial charge >= 0.3 is 0 Å². The van der Waals surface area contributed by atoms with Crippen molar-refractivity contribution < 1.29 is 0 Å². The number of rotatable bonds is 6. The van der Waals surface area contributed by atoms with E-state index in [0.717, 1.165) is 42.8 Å². The molecule has 0 bridgehead atoms. The number of aromatic nitrogens is 4. The molecular weight excluding hydrogens is 330 g/mol. The molecule has 1 fully saturated rings. The Morgan fingerprint density at radius 3 is 2.64 bits per heavy atom. The Morgan fingerprint density at radius 2 is 1.96 bits per heavy atom. The Morgan fingerprint density at radius 1 is 1.12 bits per heavy atom. The lowest BCUT2D eigenvalue weighted by atomic mass is 9.93. The molecule has 3 aromatic rings. The van der Waals surface area contributed by atoms with Gasteiger partial charge in [0, 0.05) is 43.4 Å². The van der Waals surface area contributed by atoms with Crippen LogP contribution in [0.2, 0.25) is 0 Å². The van der Waals surface area contributed by atoms with Gasteiger partial charge in [-0.15, -0.1) is 11.3 Å². The summed E-state index contributed by atoms with van der Waals surface area (Å²) in [6.45, 7) is 4.32. The molecule has 0 spiro atoms. The minimum absolute atomic E-state index is 0.818. The highest BCUT2D eigenvalue weighted by molar-refractivity contribution is 7.13. The SMILES string of the molecule is c1csc(-c2ncc(CN3CCC(CCn4cccn4)CC3)cn2)c1. The molecule has 0 saturated carbocycles. The molecule has 0 N–H and O–H groups in total. The molecule has 6 heteroatoms. The molecule has 0 amide bonds. The largest absolute Gasteiger partial charge is 0.299 e. The summed E-state index contributed by atoms with van der Waals surface area (Å²) in [5.41, 5.74) is 1.20. The molecule has 1 aliphatic rings. The van der Waals surface area contributed by atoms with Crippen molar-refractivity contribution >= 4 is 11.3 Å². The fourth-order valence-electron chi connectivity index (χ4n) is 3.41. The lowest BCUT2D eigenvalue weighted by molar-refractivity contribution is 0.168. The maximum absolute atomic E-state index is 4.52. The van der Waals surface area contributed by atoms with E-state index < -0.39 is 0 Å². The van der Waals surface area contributed by atoms with Crippen molar-refractivity contribution in [1.29, 1.82) is 0 Å². The molecule has 0 atom stereocenters. The van der Waals surface area contributed by atoms with Gasteiger partial charge < -0.3 is 0 Å². The Bertz CT molecular complexity index is 744. The third-order valence-corrected chi connectivity index (χ3v) is 5.75. The lowest BCUT2D eigenvalue weighted by Gasteiger charge is -2.31. The van der Waals surface area contributed by atoms with E-state index in [-0.39, 0.29) is 0 Å². The number of thiophene rings is 1. The van der Waals surface area contributed by atoms with E-state index in [4.69, 9.17) is 0 Å². The average Bonchev–Trinajstić information content (AvgIpc) is 3.36. The highest BCUT2D eigenvalue weighted by Gasteiger charge is 2.19. The number of nitrogens with zero attached hydrogens (tertiary/aromatic N) is 5. The van der Waals surface area contributed by atoms with Gasteiger partial charge in [-0.25, -0.2) is 9.97 Å². The van der Waals surface area contributed by atoms with Gasteiger partial charge in [0.25, 0.3) is 0 Å². The van der Waals surface area contributed by atoms with Gasteiger partial charge in [-0.2, -0.15) is 5.10 Å². The van der Waals surface area contributed by atoms with Gasteiger partial charge in [-0.3, -0.25) is 9.58 Å². The summed E-state index contributed by atoms with van der Waals surface area (Å²) < 4.78 is 2.04. The molecule has 0 aliphatic carbocycles. The van der Waals surface area contributed by atoms with Crippen LogP contribution in [0.4, 0.5) is 0 Å². The predicted octanol–water partition coefficient (Wildman–Crippen LogP) is 3.70. The van der Waals surface area contributed by atoms with E-state index in [1.54, 1.807) is 11.3 Å². The molecule has 130 valence electrons. The summed E-state index contributed by atoms with van der Waals surface area (Å²) in [6, 6.07) is 6.09. The average molecular weight is 353 g/mol. The summed E-state index contributed by atoms with van der Waals surface area (Å²) in [5.74, 6) is 1.65. The first-order valence-electron chi connectivity index (χ1n) is 8.91. The van der Waals surface area contributed by atoms with Crippen LogP contribution in [0.5, 0.6) is 0 Å². The van der Waals surface area contributed by atoms with Crippen molar-refractivity contribution in [2.24, 2.45) is 5.92 Å². The minimum Gasteiger partial charge on any atom is -0.299 e. The lowest BCUT2D eigenvalue weighted by Crippen LogP contribution is -2.33. The summed E-state index contributed by atoms with van der Waals surface area (Å²) in [7, 11) is 0. The highest BCUT2D eigenvalue weighted by atomic mass is 32.1. The normalized spacial score (nSPS) is 16.3. The van der Waals surface area contributed by atoms with E-state index in [9.17, 15) is 0 Å². The van der Waals surface area contributed by atoms with Gasteiger partial charge in [0.05, 0.1) is 4.88 Å². The zero-order valence-electron chi connectivity index (χ0n) is 14.3. The van der Waals surface area contributed by atoms with E-state index >= 15 is 0 Å². The molecule has 1 aliphatic heterocycles. The number of likely N-dealkylation sites (tertiary alicyclic amines) is 1. The molecule has 3 aromatic heterocycles. The number of piperidine rings is 1. The molecule has 0 aromatic carbocycles. The van der Waals surface area contributed by atoms with Crippen LogP contribution in [0.1, 0.15) is 24.8 Å². The Hall–Kier alpha value is -2.05. The molecule has 0 radical (unpaired) electrons. The monoisotopic (exact) mass is 353 g/mol. The maximum atomic E-state index is 4.52. The Kier molecular flexibility index (Phi) is 5.18. The smallest absolute Gasteiger partial charge is 0.169 e. The van der Waals surface area contributed by atoms with Crippen molar-refractivity contribution in [2.45, 2.75) is 32.4 Å². The van der Waals surface area contributed by atoms with Crippen LogP contribution in [0, 0.1) is 5.92 Å². The predicted molar refractivity (Wildman–Crippen MR) is 100 cm³/mol. The summed E-state index contributed by atoms with van der Waals surface area (Å²) in [6.07, 6.45) is 11.6. The quantitative estimate of drug-likeness (QED) is 0.678. The van der Waals surface area contributed by atoms with Crippen LogP contribution < -0.4 is 0 Å². The number of aryl methyl sites for hydroxylation is 1. The van der Waals surface area contributed by atoms with E-state index in [0.29, 0.717) is 0 Å². The van der Waals surface area contributed by atoms with Gasteiger partial charge in [0.15, 0.2) is 5.82 Å². The second-order valence-electron chi connectivity index (χ2n) is 6.67. The molecule has 25 heavy (non-hydrogen) atoms. The van der Waals surface area contributed by atoms with Gasteiger partial charge in [-0.1, -0.05) is 6.07 Å². The first-order chi connectivity index (χ1) is 12.4. The van der Waals surface area contributed by atoms with Crippen LogP contribution >= 0.6 is 11.3 Å². The van der Waals surface area contributed by atoms with Crippen molar-refractivity contribution in [2.75, 3.05) is 13.1 Å². The third kappa shape index (κ3) is 4.32. The van der Waals surface area contributed by atoms with E-state index in [1.807, 2.05) is 35.4 Å². The first-order valence-corrected chi connectivity index (χ1v) is 9.79. The second-order valence-corrected chi connectivity index (χ2v) is 7.62. The van der Waals surface area contributed by atoms with Gasteiger partial charge in [0.2, 0.25) is 0 Å². The first kappa shape index (κ1) is 16.4. The van der Waals surface area contributed by atoms with Gasteiger partial charge in [-0.05, 0) is 55.8 Å². The second kappa shape index (κ2) is 7.89. The van der Waals surface area contributed by atoms with Crippen molar-refractivity contribution in [3.8, 4) is 10.7 Å². The zero-order chi connectivity index (χ0) is 16.9. The van der Waals surface area contributed by atoms with Crippen molar-refractivity contribution in [3.63, 3.8) is 0 Å². The molecular formula is C19H23N5S. The Labute approximate surface area is 152 Å². The Balaban J connectivity index is 1.24. The van der Waals surface area contributed by atoms with E-state index in [1.165, 1.54) is 24.8 Å². The maximum Gasteiger partial charge on any atom is 0.169 e. The van der Waals surface area contributed by atoms with Crippen LogP contribution in [-0.4, -0.2) is 37.7 Å². The summed E-state index contributed by atoms with van der Waals surface area (Å²) in [4.78, 5) is 12.7. The van der Waals surface area contributed by atoms with Crippen molar-refractivity contribution in [3.05, 3.63) is 53.9 Å². The van der Waals surface area contributed by atoms with Crippen LogP contribution in [0.25, 0.3) is 10.7 Å². The molecule has 0 unspecified atom stereocenters. The summed E-state index contributed by atoms with van der Waals surface area (Å²) >= 11 is 1.68. The number of hydrogen-bond donors (Lipinski definition) is 0. The van der Waals surface area contributed by atoms with Gasteiger partial charge in [0.1, 0.15) is 0 Å². The zero-order valence-corrected chi connectivity index (χ0v) is 15.1. The molecule has 5 nitrogen and oxygen atoms in total. The summed E-state index contributed by atoms with van der Waals surface area (Å²) in [5, 5.41) is 6.35. The highest BCUT2D eigenvalue weighted by Crippen LogP contribution is 2.23. The number of hydrogen-bond acceptors (Lipinski definition) is 5. The van der Waals surface area contributed by atoms with Crippen LogP contribution in [-0.2, 0) is 13.1 Å². The minimum atomic E-state index is 0.818. The standard InChI is InChI=1S/C19H23N5S/c1-3-18(25-12-1)19-20-13-17(14-21-19)15-23-9-4-16(5-10-23)6-11-24-8-2-7-22-24/h1-3,7-8,12-14,16H,4-6,9-11,15H2. The third-order valence-electron chi connectivity index (χ3n) is 4.89. The fourth-order valence-corrected chi connectivity index (χ4v) is 4.08. The van der Waals surface area contributed by atoms with Crippen LogP contribution in [0.3, 0.4) is 0 Å². The van der Waals surface area contributed by atoms with E-state index in [2.05, 4.69) is 37.6 Å².